The van der Waals surface area contributed by atoms with E-state index in [1.54, 1.807) is 0 Å². The molecule has 3 nitrogen and oxygen atoms in total. The average molecular weight is 268 g/mol. The summed E-state index contributed by atoms with van der Waals surface area (Å²) in [7, 11) is 0. The summed E-state index contributed by atoms with van der Waals surface area (Å²) in [5, 5.41) is 3.56. The molecule has 0 aromatic heterocycles. The molecule has 1 heterocycles. The molecule has 0 saturated carbocycles. The fraction of sp³-hybridized carbons (Fsp3) is 0.938. The molecule has 0 aromatic rings. The molecule has 0 aliphatic carbocycles. The van der Waals surface area contributed by atoms with Gasteiger partial charge in [0.25, 0.3) is 0 Å². The van der Waals surface area contributed by atoms with Crippen LogP contribution in [-0.4, -0.2) is 36.0 Å². The first-order valence-electron chi connectivity index (χ1n) is 8.23. The molecule has 1 N–H and O–H groups in total. The van der Waals surface area contributed by atoms with E-state index in [1.165, 1.54) is 51.4 Å². The van der Waals surface area contributed by atoms with Gasteiger partial charge in [0.2, 0.25) is 5.91 Å². The molecule has 0 aromatic carbocycles. The monoisotopic (exact) mass is 268 g/mol. The number of carbonyl (C=O) groups is 1. The van der Waals surface area contributed by atoms with E-state index in [-0.39, 0.29) is 6.04 Å². The van der Waals surface area contributed by atoms with E-state index in [1.807, 2.05) is 11.8 Å². The van der Waals surface area contributed by atoms with Crippen molar-refractivity contribution in [3.8, 4) is 0 Å². The van der Waals surface area contributed by atoms with Crippen LogP contribution in [0.2, 0.25) is 0 Å². The van der Waals surface area contributed by atoms with Crippen molar-refractivity contribution in [1.29, 1.82) is 0 Å². The highest BCUT2D eigenvalue weighted by molar-refractivity contribution is 5.81. The molecule has 1 saturated heterocycles. The van der Waals surface area contributed by atoms with Crippen LogP contribution >= 0.6 is 0 Å². The quantitative estimate of drug-likeness (QED) is 0.732. The number of rotatable bonds is 8. The van der Waals surface area contributed by atoms with Gasteiger partial charge in [-0.05, 0) is 39.0 Å². The van der Waals surface area contributed by atoms with E-state index in [0.717, 1.165) is 13.1 Å². The highest BCUT2D eigenvalue weighted by atomic mass is 16.2. The van der Waals surface area contributed by atoms with Crippen molar-refractivity contribution < 1.29 is 4.79 Å². The van der Waals surface area contributed by atoms with Crippen LogP contribution in [-0.2, 0) is 4.79 Å². The topological polar surface area (TPSA) is 32.3 Å². The third kappa shape index (κ3) is 5.94. The van der Waals surface area contributed by atoms with E-state index >= 15 is 0 Å². The van der Waals surface area contributed by atoms with E-state index in [0.29, 0.717) is 11.9 Å². The Hall–Kier alpha value is -0.570. The molecule has 3 heteroatoms. The maximum Gasteiger partial charge on any atom is 0.239 e. The average Bonchev–Trinajstić information content (AvgIpc) is 2.45. The summed E-state index contributed by atoms with van der Waals surface area (Å²) in [4.78, 5) is 14.4. The molecule has 0 spiro atoms. The van der Waals surface area contributed by atoms with Crippen LogP contribution in [0, 0.1) is 0 Å². The Morgan fingerprint density at radius 1 is 1.11 bits per heavy atom. The van der Waals surface area contributed by atoms with Gasteiger partial charge in [-0.3, -0.25) is 4.79 Å². The summed E-state index contributed by atoms with van der Waals surface area (Å²) in [6.07, 6.45) is 9.67. The fourth-order valence-corrected chi connectivity index (χ4v) is 2.92. The lowest BCUT2D eigenvalue weighted by Gasteiger charge is -2.31. The molecule has 1 fully saturated rings. The smallest absolute Gasteiger partial charge is 0.239 e. The van der Waals surface area contributed by atoms with Gasteiger partial charge in [-0.1, -0.05) is 33.1 Å². The van der Waals surface area contributed by atoms with Crippen LogP contribution in [0.15, 0.2) is 0 Å². The second-order valence-electron chi connectivity index (χ2n) is 5.90. The lowest BCUT2D eigenvalue weighted by molar-refractivity contribution is -0.134. The lowest BCUT2D eigenvalue weighted by atomic mass is 10.0. The lowest BCUT2D eigenvalue weighted by Crippen LogP contribution is -2.49. The normalized spacial score (nSPS) is 19.2. The number of amides is 1. The Morgan fingerprint density at radius 3 is 2.37 bits per heavy atom. The Bertz CT molecular complexity index is 249. The standard InChI is InChI=1S/C16H32N2O/c1-4-6-11-15(10-5-2)17-14(3)16(19)18-12-8-7-9-13-18/h14-15,17H,4-13H2,1-3H3. The van der Waals surface area contributed by atoms with Gasteiger partial charge in [0, 0.05) is 19.1 Å². The van der Waals surface area contributed by atoms with Crippen molar-refractivity contribution in [2.75, 3.05) is 13.1 Å². The predicted octanol–water partition coefficient (Wildman–Crippen LogP) is 3.34. The van der Waals surface area contributed by atoms with Gasteiger partial charge in [0.1, 0.15) is 0 Å². The van der Waals surface area contributed by atoms with Gasteiger partial charge in [0.15, 0.2) is 0 Å². The number of hydrogen-bond acceptors (Lipinski definition) is 2. The number of likely N-dealkylation sites (tertiary alicyclic amines) is 1. The maximum atomic E-state index is 12.4. The number of nitrogens with zero attached hydrogens (tertiary/aromatic N) is 1. The second-order valence-corrected chi connectivity index (χ2v) is 5.90. The first kappa shape index (κ1) is 16.5. The SMILES string of the molecule is CCCCC(CCC)NC(C)C(=O)N1CCCCC1. The van der Waals surface area contributed by atoms with E-state index in [2.05, 4.69) is 19.2 Å². The van der Waals surface area contributed by atoms with Crippen molar-refractivity contribution in [1.82, 2.24) is 10.2 Å². The first-order chi connectivity index (χ1) is 9.19. The van der Waals surface area contributed by atoms with Crippen LogP contribution in [0.4, 0.5) is 0 Å². The number of hydrogen-bond donors (Lipinski definition) is 1. The van der Waals surface area contributed by atoms with Crippen molar-refractivity contribution in [2.45, 2.75) is 84.2 Å². The largest absolute Gasteiger partial charge is 0.341 e. The van der Waals surface area contributed by atoms with Crippen LogP contribution in [0.25, 0.3) is 0 Å². The summed E-state index contributed by atoms with van der Waals surface area (Å²) in [6, 6.07) is 0.486. The minimum atomic E-state index is -0.0218. The summed E-state index contributed by atoms with van der Waals surface area (Å²) in [5.74, 6) is 0.303. The zero-order valence-corrected chi connectivity index (χ0v) is 13.1. The molecule has 1 aliphatic rings. The third-order valence-electron chi connectivity index (χ3n) is 4.07. The second kappa shape index (κ2) is 9.35. The van der Waals surface area contributed by atoms with Crippen molar-refractivity contribution in [3.05, 3.63) is 0 Å². The molecule has 0 bridgehead atoms. The predicted molar refractivity (Wildman–Crippen MR) is 81.2 cm³/mol. The summed E-state index contributed by atoms with van der Waals surface area (Å²) in [6.45, 7) is 8.39. The Morgan fingerprint density at radius 2 is 1.79 bits per heavy atom. The summed E-state index contributed by atoms with van der Waals surface area (Å²) in [5.41, 5.74) is 0. The van der Waals surface area contributed by atoms with Crippen LogP contribution in [0.3, 0.4) is 0 Å². The number of piperidine rings is 1. The van der Waals surface area contributed by atoms with Crippen LogP contribution in [0.1, 0.15) is 72.1 Å². The van der Waals surface area contributed by atoms with Crippen LogP contribution < -0.4 is 5.32 Å². The van der Waals surface area contributed by atoms with Gasteiger partial charge in [-0.25, -0.2) is 0 Å². The Balaban J connectivity index is 2.40. The molecule has 2 atom stereocenters. The Labute approximate surface area is 119 Å². The zero-order chi connectivity index (χ0) is 14.1. The number of unbranched alkanes of at least 4 members (excludes halogenated alkanes) is 1. The van der Waals surface area contributed by atoms with E-state index in [4.69, 9.17) is 0 Å². The molecule has 0 radical (unpaired) electrons. The Kier molecular flexibility index (Phi) is 8.11. The van der Waals surface area contributed by atoms with E-state index in [9.17, 15) is 4.79 Å². The molecular weight excluding hydrogens is 236 g/mol. The number of carbonyl (C=O) groups excluding carboxylic acids is 1. The molecule has 2 unspecified atom stereocenters. The van der Waals surface area contributed by atoms with Crippen molar-refractivity contribution in [2.24, 2.45) is 0 Å². The fourth-order valence-electron chi connectivity index (χ4n) is 2.92. The third-order valence-corrected chi connectivity index (χ3v) is 4.07. The first-order valence-corrected chi connectivity index (χ1v) is 8.23. The molecule has 112 valence electrons. The molecule has 1 amide bonds. The number of nitrogens with one attached hydrogen (secondary N) is 1. The van der Waals surface area contributed by atoms with E-state index < -0.39 is 0 Å². The highest BCUT2D eigenvalue weighted by Gasteiger charge is 2.23. The maximum absolute atomic E-state index is 12.4. The molecule has 1 aliphatic heterocycles. The molecule has 1 rings (SSSR count). The minimum absolute atomic E-state index is 0.0218. The minimum Gasteiger partial charge on any atom is -0.341 e. The summed E-state index contributed by atoms with van der Waals surface area (Å²) < 4.78 is 0. The molecule has 19 heavy (non-hydrogen) atoms. The van der Waals surface area contributed by atoms with Gasteiger partial charge in [-0.15, -0.1) is 0 Å². The van der Waals surface area contributed by atoms with Crippen molar-refractivity contribution in [3.63, 3.8) is 0 Å². The zero-order valence-electron chi connectivity index (χ0n) is 13.1. The van der Waals surface area contributed by atoms with Gasteiger partial charge in [0.05, 0.1) is 6.04 Å². The van der Waals surface area contributed by atoms with Gasteiger partial charge < -0.3 is 10.2 Å². The molecular formula is C16H32N2O. The van der Waals surface area contributed by atoms with Crippen molar-refractivity contribution >= 4 is 5.91 Å². The van der Waals surface area contributed by atoms with Gasteiger partial charge >= 0.3 is 0 Å². The van der Waals surface area contributed by atoms with Gasteiger partial charge in [-0.2, -0.15) is 0 Å². The van der Waals surface area contributed by atoms with Crippen LogP contribution in [0.5, 0.6) is 0 Å². The summed E-state index contributed by atoms with van der Waals surface area (Å²) >= 11 is 0. The highest BCUT2D eigenvalue weighted by Crippen LogP contribution is 2.12.